The Morgan fingerprint density at radius 2 is 1.70 bits per heavy atom. The van der Waals surface area contributed by atoms with Crippen LogP contribution in [0.2, 0.25) is 0 Å². The summed E-state index contributed by atoms with van der Waals surface area (Å²) in [4.78, 5) is 2.78. The van der Waals surface area contributed by atoms with Gasteiger partial charge in [0.25, 0.3) is 0 Å². The highest BCUT2D eigenvalue weighted by molar-refractivity contribution is 4.99. The third-order valence-corrected chi connectivity index (χ3v) is 6.26. The van der Waals surface area contributed by atoms with Crippen molar-refractivity contribution in [2.45, 2.75) is 76.5 Å². The quantitative estimate of drug-likeness (QED) is 0.830. The zero-order valence-electron chi connectivity index (χ0n) is 13.3. The summed E-state index contributed by atoms with van der Waals surface area (Å²) < 4.78 is 0. The first-order valence-corrected chi connectivity index (χ1v) is 8.70. The van der Waals surface area contributed by atoms with Crippen molar-refractivity contribution in [1.29, 1.82) is 0 Å². The highest BCUT2D eigenvalue weighted by atomic mass is 16.3. The molecule has 0 radical (unpaired) electrons. The van der Waals surface area contributed by atoms with Gasteiger partial charge >= 0.3 is 0 Å². The Labute approximate surface area is 124 Å². The lowest BCUT2D eigenvalue weighted by atomic mass is 9.70. The van der Waals surface area contributed by atoms with E-state index in [4.69, 9.17) is 0 Å². The molecule has 1 saturated carbocycles. The number of nitrogens with one attached hydrogen (secondary N) is 1. The van der Waals surface area contributed by atoms with E-state index in [0.29, 0.717) is 17.5 Å². The third-order valence-electron chi connectivity index (χ3n) is 6.26. The van der Waals surface area contributed by atoms with Crippen LogP contribution in [-0.2, 0) is 0 Å². The molecule has 3 fully saturated rings. The fraction of sp³-hybridized carbons (Fsp3) is 1.00. The van der Waals surface area contributed by atoms with Crippen LogP contribution in [-0.4, -0.2) is 48.3 Å². The van der Waals surface area contributed by atoms with Crippen molar-refractivity contribution in [3.05, 3.63) is 0 Å². The highest BCUT2D eigenvalue weighted by Gasteiger charge is 2.44. The van der Waals surface area contributed by atoms with Crippen molar-refractivity contribution in [2.24, 2.45) is 11.3 Å². The smallest absolute Gasteiger partial charge is 0.0570 e. The molecule has 2 atom stereocenters. The van der Waals surface area contributed by atoms with Crippen LogP contribution in [0, 0.1) is 11.3 Å². The van der Waals surface area contributed by atoms with Crippen LogP contribution >= 0.6 is 0 Å². The van der Waals surface area contributed by atoms with Gasteiger partial charge in [-0.3, -0.25) is 4.90 Å². The molecule has 116 valence electrons. The summed E-state index contributed by atoms with van der Waals surface area (Å²) in [5.74, 6) is 0.917. The number of hydrogen-bond acceptors (Lipinski definition) is 3. The van der Waals surface area contributed by atoms with E-state index in [-0.39, 0.29) is 6.10 Å². The number of aliphatic hydroxyl groups excluding tert-OH is 1. The average Bonchev–Trinajstić information content (AvgIpc) is 2.66. The maximum absolute atomic E-state index is 9.98. The third kappa shape index (κ3) is 2.90. The minimum absolute atomic E-state index is 0.0321. The second kappa shape index (κ2) is 5.94. The van der Waals surface area contributed by atoms with Crippen molar-refractivity contribution >= 4 is 0 Å². The summed E-state index contributed by atoms with van der Waals surface area (Å²) in [6.45, 7) is 4.84. The van der Waals surface area contributed by atoms with Crippen LogP contribution in [0.4, 0.5) is 0 Å². The van der Waals surface area contributed by atoms with Crippen molar-refractivity contribution in [3.63, 3.8) is 0 Å². The van der Waals surface area contributed by atoms with Crippen LogP contribution in [0.15, 0.2) is 0 Å². The molecule has 3 aliphatic rings. The summed E-state index contributed by atoms with van der Waals surface area (Å²) >= 11 is 0. The van der Waals surface area contributed by atoms with Crippen molar-refractivity contribution in [3.8, 4) is 0 Å². The van der Waals surface area contributed by atoms with Gasteiger partial charge in [0.1, 0.15) is 0 Å². The maximum atomic E-state index is 9.98. The minimum Gasteiger partial charge on any atom is -0.393 e. The normalized spacial score (nSPS) is 45.8. The number of rotatable bonds is 4. The zero-order chi connectivity index (χ0) is 14.2. The highest BCUT2D eigenvalue weighted by Crippen LogP contribution is 2.43. The molecule has 2 bridgehead atoms. The number of fused-ring (bicyclic) bond motifs is 2. The molecule has 0 spiro atoms. The van der Waals surface area contributed by atoms with Crippen LogP contribution < -0.4 is 5.32 Å². The molecule has 2 saturated heterocycles. The number of piperidine rings is 1. The second-order valence-corrected chi connectivity index (χ2v) is 7.90. The van der Waals surface area contributed by atoms with E-state index >= 15 is 0 Å². The van der Waals surface area contributed by atoms with Gasteiger partial charge in [-0.05, 0) is 56.9 Å². The van der Waals surface area contributed by atoms with Gasteiger partial charge in [0, 0.05) is 25.2 Å². The van der Waals surface area contributed by atoms with Gasteiger partial charge in [-0.2, -0.15) is 0 Å². The van der Waals surface area contributed by atoms with E-state index in [9.17, 15) is 5.11 Å². The fourth-order valence-electron chi connectivity index (χ4n) is 5.03. The molecule has 0 aromatic rings. The number of aliphatic hydroxyl groups is 1. The van der Waals surface area contributed by atoms with E-state index in [1.165, 1.54) is 45.1 Å². The Morgan fingerprint density at radius 3 is 2.25 bits per heavy atom. The van der Waals surface area contributed by atoms with Gasteiger partial charge in [0.15, 0.2) is 0 Å². The average molecular weight is 280 g/mol. The minimum atomic E-state index is -0.0321. The molecule has 2 heterocycles. The molecule has 3 rings (SSSR count). The Kier molecular flexibility index (Phi) is 4.40. The standard InChI is InChI=1S/C17H32N2O/c1-13-5-7-17(8-6-13,11-18-2)12-19-14-3-4-15(19)10-16(20)9-14/h13-16,18,20H,3-12H2,1-2H3. The van der Waals surface area contributed by atoms with Gasteiger partial charge in [0.05, 0.1) is 6.10 Å². The van der Waals surface area contributed by atoms with Gasteiger partial charge in [-0.15, -0.1) is 0 Å². The molecule has 2 unspecified atom stereocenters. The van der Waals surface area contributed by atoms with E-state index in [2.05, 4.69) is 24.2 Å². The molecular formula is C17H32N2O. The van der Waals surface area contributed by atoms with Crippen molar-refractivity contribution in [2.75, 3.05) is 20.1 Å². The SMILES string of the molecule is CNCC1(CN2C3CCC2CC(O)C3)CCC(C)CC1. The molecule has 20 heavy (non-hydrogen) atoms. The lowest BCUT2D eigenvalue weighted by Gasteiger charge is -2.47. The van der Waals surface area contributed by atoms with Crippen LogP contribution in [0.5, 0.6) is 0 Å². The monoisotopic (exact) mass is 280 g/mol. The van der Waals surface area contributed by atoms with Gasteiger partial charge in [0.2, 0.25) is 0 Å². The van der Waals surface area contributed by atoms with Crippen molar-refractivity contribution < 1.29 is 5.11 Å². The maximum Gasteiger partial charge on any atom is 0.0570 e. The fourth-order valence-corrected chi connectivity index (χ4v) is 5.03. The molecule has 0 amide bonds. The van der Waals surface area contributed by atoms with Gasteiger partial charge in [-0.25, -0.2) is 0 Å². The van der Waals surface area contributed by atoms with E-state index in [1.54, 1.807) is 0 Å². The topological polar surface area (TPSA) is 35.5 Å². The number of nitrogens with zero attached hydrogens (tertiary/aromatic N) is 1. The Bertz CT molecular complexity index is 311. The summed E-state index contributed by atoms with van der Waals surface area (Å²) in [6.07, 6.45) is 10.2. The van der Waals surface area contributed by atoms with Crippen LogP contribution in [0.1, 0.15) is 58.3 Å². The Hall–Kier alpha value is -0.120. The predicted molar refractivity (Wildman–Crippen MR) is 82.7 cm³/mol. The summed E-state index contributed by atoms with van der Waals surface area (Å²) in [6, 6.07) is 1.33. The molecule has 3 nitrogen and oxygen atoms in total. The molecule has 0 aromatic carbocycles. The van der Waals surface area contributed by atoms with Gasteiger partial charge in [-0.1, -0.05) is 19.8 Å². The van der Waals surface area contributed by atoms with E-state index < -0.39 is 0 Å². The van der Waals surface area contributed by atoms with Gasteiger partial charge < -0.3 is 10.4 Å². The molecule has 0 aromatic heterocycles. The molecular weight excluding hydrogens is 248 g/mol. The van der Waals surface area contributed by atoms with E-state index in [0.717, 1.165) is 25.3 Å². The summed E-state index contributed by atoms with van der Waals surface area (Å²) in [5.41, 5.74) is 0.490. The van der Waals surface area contributed by atoms with Crippen molar-refractivity contribution in [1.82, 2.24) is 10.2 Å². The second-order valence-electron chi connectivity index (χ2n) is 7.90. The first-order chi connectivity index (χ1) is 9.62. The molecule has 2 aliphatic heterocycles. The zero-order valence-corrected chi connectivity index (χ0v) is 13.3. The molecule has 3 heteroatoms. The summed E-state index contributed by atoms with van der Waals surface area (Å²) in [5, 5.41) is 13.4. The van der Waals surface area contributed by atoms with Crippen LogP contribution in [0.25, 0.3) is 0 Å². The predicted octanol–water partition coefficient (Wildman–Crippen LogP) is 2.39. The molecule has 1 aliphatic carbocycles. The first-order valence-electron chi connectivity index (χ1n) is 8.70. The van der Waals surface area contributed by atoms with Crippen LogP contribution in [0.3, 0.4) is 0 Å². The largest absolute Gasteiger partial charge is 0.393 e. The number of hydrogen-bond donors (Lipinski definition) is 2. The Balaban J connectivity index is 1.68. The lowest BCUT2D eigenvalue weighted by Crippen LogP contribution is -2.52. The lowest BCUT2D eigenvalue weighted by molar-refractivity contribution is -0.00302. The summed E-state index contributed by atoms with van der Waals surface area (Å²) in [7, 11) is 2.11. The molecule has 2 N–H and O–H groups in total. The van der Waals surface area contributed by atoms with E-state index in [1.807, 2.05) is 0 Å². The first kappa shape index (κ1) is 14.8. The Morgan fingerprint density at radius 1 is 1.10 bits per heavy atom.